The molecule has 0 bridgehead atoms. The number of nitrogens with zero attached hydrogens (tertiary/aromatic N) is 1. The highest BCUT2D eigenvalue weighted by atomic mass is 32.1. The lowest BCUT2D eigenvalue weighted by atomic mass is 9.79. The van der Waals surface area contributed by atoms with Gasteiger partial charge in [-0.2, -0.15) is 0 Å². The molecule has 1 aliphatic heterocycles. The van der Waals surface area contributed by atoms with E-state index < -0.39 is 0 Å². The molecule has 2 aromatic rings. The number of carbonyl (C=O) groups excluding carboxylic acids is 1. The lowest BCUT2D eigenvalue weighted by Crippen LogP contribution is -2.28. The second-order valence-electron chi connectivity index (χ2n) is 6.70. The molecule has 1 N–H and O–H groups in total. The molecule has 0 spiro atoms. The second kappa shape index (κ2) is 6.20. The van der Waals surface area contributed by atoms with E-state index >= 15 is 0 Å². The summed E-state index contributed by atoms with van der Waals surface area (Å²) in [7, 11) is 0. The standard InChI is InChI=1S/C19H22N2O2S/c1-3-23-19(22)16-10-20-18(24-16)17-13-6-4-5-12(13)14-9-11(2)7-8-15(14)21-17/h7-10,12-13,17,21H,3-6H2,1-2H3/t12-,13+,17-/m1/s1. The van der Waals surface area contributed by atoms with Crippen LogP contribution >= 0.6 is 11.3 Å². The van der Waals surface area contributed by atoms with Crippen molar-refractivity contribution in [3.63, 3.8) is 0 Å². The maximum Gasteiger partial charge on any atom is 0.349 e. The summed E-state index contributed by atoms with van der Waals surface area (Å²) in [5, 5.41) is 4.69. The lowest BCUT2D eigenvalue weighted by Gasteiger charge is -2.36. The van der Waals surface area contributed by atoms with Crippen LogP contribution in [0.1, 0.15) is 64.0 Å². The van der Waals surface area contributed by atoms with Gasteiger partial charge in [0.1, 0.15) is 9.88 Å². The Morgan fingerprint density at radius 1 is 1.42 bits per heavy atom. The fourth-order valence-electron chi connectivity index (χ4n) is 4.14. The predicted octanol–water partition coefficient (Wildman–Crippen LogP) is 4.68. The third-order valence-electron chi connectivity index (χ3n) is 5.18. The van der Waals surface area contributed by atoms with Crippen LogP contribution in [0.4, 0.5) is 5.69 Å². The molecule has 1 fully saturated rings. The molecular weight excluding hydrogens is 320 g/mol. The van der Waals surface area contributed by atoms with Crippen molar-refractivity contribution >= 4 is 23.0 Å². The van der Waals surface area contributed by atoms with E-state index in [1.54, 1.807) is 6.20 Å². The zero-order chi connectivity index (χ0) is 16.7. The first-order chi connectivity index (χ1) is 11.7. The van der Waals surface area contributed by atoms with E-state index in [0.29, 0.717) is 23.3 Å². The highest BCUT2D eigenvalue weighted by Gasteiger charge is 2.41. The molecule has 0 amide bonds. The average Bonchev–Trinajstić information content (AvgIpc) is 3.24. The van der Waals surface area contributed by atoms with Gasteiger partial charge >= 0.3 is 5.97 Å². The van der Waals surface area contributed by atoms with Crippen LogP contribution in [0, 0.1) is 12.8 Å². The molecule has 126 valence electrons. The van der Waals surface area contributed by atoms with Gasteiger partial charge in [0.05, 0.1) is 18.8 Å². The number of esters is 1. The minimum absolute atomic E-state index is 0.195. The third-order valence-corrected chi connectivity index (χ3v) is 6.24. The van der Waals surface area contributed by atoms with E-state index in [0.717, 1.165) is 5.01 Å². The van der Waals surface area contributed by atoms with Crippen LogP contribution < -0.4 is 5.32 Å². The summed E-state index contributed by atoms with van der Waals surface area (Å²) in [6.07, 6.45) is 5.38. The third kappa shape index (κ3) is 2.61. The second-order valence-corrected chi connectivity index (χ2v) is 7.76. The quantitative estimate of drug-likeness (QED) is 0.823. The Morgan fingerprint density at radius 2 is 2.29 bits per heavy atom. The monoisotopic (exact) mass is 342 g/mol. The van der Waals surface area contributed by atoms with E-state index in [-0.39, 0.29) is 12.0 Å². The van der Waals surface area contributed by atoms with Gasteiger partial charge in [-0.1, -0.05) is 24.1 Å². The van der Waals surface area contributed by atoms with Crippen LogP contribution in [0.2, 0.25) is 0 Å². The lowest BCUT2D eigenvalue weighted by molar-refractivity contribution is 0.0532. The Morgan fingerprint density at radius 3 is 3.12 bits per heavy atom. The number of thiazole rings is 1. The summed E-state index contributed by atoms with van der Waals surface area (Å²) >= 11 is 1.47. The van der Waals surface area contributed by atoms with Gasteiger partial charge in [0, 0.05) is 5.69 Å². The van der Waals surface area contributed by atoms with Gasteiger partial charge in [0.2, 0.25) is 0 Å². The molecule has 3 atom stereocenters. The van der Waals surface area contributed by atoms with Crippen molar-refractivity contribution in [1.29, 1.82) is 0 Å². The number of fused-ring (bicyclic) bond motifs is 3. The summed E-state index contributed by atoms with van der Waals surface area (Å²) < 4.78 is 5.10. The molecule has 24 heavy (non-hydrogen) atoms. The number of rotatable bonds is 3. The predicted molar refractivity (Wildman–Crippen MR) is 95.7 cm³/mol. The molecule has 1 saturated carbocycles. The molecule has 1 aromatic carbocycles. The number of aromatic nitrogens is 1. The van der Waals surface area contributed by atoms with Gasteiger partial charge in [0.15, 0.2) is 0 Å². The maximum atomic E-state index is 11.9. The summed E-state index contributed by atoms with van der Waals surface area (Å²) in [6, 6.07) is 6.87. The van der Waals surface area contributed by atoms with E-state index in [1.165, 1.54) is 47.4 Å². The molecular formula is C19H22N2O2S. The molecule has 5 heteroatoms. The first-order valence-corrected chi connectivity index (χ1v) is 9.49. The van der Waals surface area contributed by atoms with Crippen molar-refractivity contribution < 1.29 is 9.53 Å². The van der Waals surface area contributed by atoms with Crippen LogP contribution in [0.15, 0.2) is 24.4 Å². The molecule has 0 unspecified atom stereocenters. The number of hydrogen-bond acceptors (Lipinski definition) is 5. The number of anilines is 1. The van der Waals surface area contributed by atoms with Crippen molar-refractivity contribution in [2.24, 2.45) is 5.92 Å². The first-order valence-electron chi connectivity index (χ1n) is 8.67. The van der Waals surface area contributed by atoms with Crippen LogP contribution in [0.5, 0.6) is 0 Å². The topological polar surface area (TPSA) is 51.2 Å². The van der Waals surface area contributed by atoms with Crippen molar-refractivity contribution in [3.05, 3.63) is 45.4 Å². The molecule has 0 radical (unpaired) electrons. The maximum absolute atomic E-state index is 11.9. The molecule has 2 aliphatic rings. The minimum Gasteiger partial charge on any atom is -0.462 e. The van der Waals surface area contributed by atoms with Crippen molar-refractivity contribution in [1.82, 2.24) is 4.98 Å². The zero-order valence-corrected chi connectivity index (χ0v) is 14.9. The summed E-state index contributed by atoms with van der Waals surface area (Å²) in [6.45, 7) is 4.37. The molecule has 0 saturated heterocycles. The number of hydrogen-bond donors (Lipinski definition) is 1. The van der Waals surface area contributed by atoms with E-state index in [1.807, 2.05) is 6.92 Å². The smallest absolute Gasteiger partial charge is 0.349 e. The Labute approximate surface area is 146 Å². The van der Waals surface area contributed by atoms with Crippen molar-refractivity contribution in [3.8, 4) is 0 Å². The Bertz CT molecular complexity index is 770. The van der Waals surface area contributed by atoms with Gasteiger partial charge in [0.25, 0.3) is 0 Å². The van der Waals surface area contributed by atoms with Gasteiger partial charge in [-0.25, -0.2) is 9.78 Å². The zero-order valence-electron chi connectivity index (χ0n) is 14.0. The Hall–Kier alpha value is -1.88. The van der Waals surface area contributed by atoms with Gasteiger partial charge in [-0.3, -0.25) is 0 Å². The summed E-state index contributed by atoms with van der Waals surface area (Å²) in [4.78, 5) is 17.1. The fourth-order valence-corrected chi connectivity index (χ4v) is 5.08. The SMILES string of the molecule is CCOC(=O)c1cnc([C@@H]2Nc3ccc(C)cc3[C@@H]3CCC[C@@H]32)s1. The van der Waals surface area contributed by atoms with Crippen LogP contribution in [-0.4, -0.2) is 17.6 Å². The van der Waals surface area contributed by atoms with Gasteiger partial charge in [-0.05, 0) is 50.2 Å². The summed E-state index contributed by atoms with van der Waals surface area (Å²) in [5.74, 6) is 0.887. The first kappa shape index (κ1) is 15.6. The Balaban J connectivity index is 1.67. The average molecular weight is 342 g/mol. The minimum atomic E-state index is -0.268. The van der Waals surface area contributed by atoms with Crippen LogP contribution in [-0.2, 0) is 4.74 Å². The molecule has 1 aromatic heterocycles. The molecule has 1 aliphatic carbocycles. The molecule has 4 nitrogen and oxygen atoms in total. The van der Waals surface area contributed by atoms with E-state index in [2.05, 4.69) is 35.4 Å². The van der Waals surface area contributed by atoms with Crippen molar-refractivity contribution in [2.75, 3.05) is 11.9 Å². The largest absolute Gasteiger partial charge is 0.462 e. The number of benzene rings is 1. The van der Waals surface area contributed by atoms with Gasteiger partial charge in [-0.15, -0.1) is 11.3 Å². The molecule has 4 rings (SSSR count). The fraction of sp³-hybridized carbons (Fsp3) is 0.474. The van der Waals surface area contributed by atoms with Crippen LogP contribution in [0.3, 0.4) is 0 Å². The molecule has 2 heterocycles. The highest BCUT2D eigenvalue weighted by molar-refractivity contribution is 7.13. The normalized spacial score (nSPS) is 24.8. The summed E-state index contributed by atoms with van der Waals surface area (Å²) in [5.41, 5.74) is 4.00. The number of carbonyl (C=O) groups is 1. The van der Waals surface area contributed by atoms with Crippen molar-refractivity contribution in [2.45, 2.75) is 45.1 Å². The Kier molecular flexibility index (Phi) is 4.04. The highest BCUT2D eigenvalue weighted by Crippen LogP contribution is 2.53. The number of aryl methyl sites for hydroxylation is 1. The van der Waals surface area contributed by atoms with Gasteiger partial charge < -0.3 is 10.1 Å². The van der Waals surface area contributed by atoms with E-state index in [4.69, 9.17) is 4.74 Å². The van der Waals surface area contributed by atoms with E-state index in [9.17, 15) is 4.79 Å². The number of nitrogens with one attached hydrogen (secondary N) is 1. The van der Waals surface area contributed by atoms with Crippen LogP contribution in [0.25, 0.3) is 0 Å². The number of ether oxygens (including phenoxy) is 1.